The molecule has 14 saturated carbocycles. The fraction of sp³-hybridized carbons (Fsp3) is 0.880. The Morgan fingerprint density at radius 1 is 0.437 bits per heavy atom. The lowest BCUT2D eigenvalue weighted by Crippen LogP contribution is -2.48. The highest BCUT2D eigenvalue weighted by Crippen LogP contribution is 2.77. The molecule has 14 bridgehead atoms. The summed E-state index contributed by atoms with van der Waals surface area (Å²) in [7, 11) is 0. The van der Waals surface area contributed by atoms with E-state index in [0.717, 1.165) is 94.8 Å². The number of carbonyl (C=O) groups excluding carboxylic acids is 10. The molecule has 20 heteroatoms. The molecule has 18 aliphatic rings. The van der Waals surface area contributed by atoms with E-state index in [9.17, 15) is 47.9 Å². The minimum atomic E-state index is -0.607. The van der Waals surface area contributed by atoms with Gasteiger partial charge in [0.2, 0.25) is 0 Å². The van der Waals surface area contributed by atoms with Gasteiger partial charge in [0.15, 0.2) is 13.2 Å². The third-order valence-electron chi connectivity index (χ3n) is 33.2. The smallest absolute Gasteiger partial charge is 0.344 e. The highest BCUT2D eigenvalue weighted by atomic mass is 16.6. The van der Waals surface area contributed by atoms with E-state index in [4.69, 9.17) is 47.4 Å². The van der Waals surface area contributed by atoms with Crippen molar-refractivity contribution in [2.24, 2.45) is 174 Å². The van der Waals surface area contributed by atoms with Crippen LogP contribution >= 0.6 is 0 Å². The van der Waals surface area contributed by atoms with Crippen LogP contribution in [-0.4, -0.2) is 124 Å². The Labute approximate surface area is 608 Å². The Morgan fingerprint density at radius 2 is 0.951 bits per heavy atom. The Bertz CT molecular complexity index is 3420. The molecule has 103 heavy (non-hydrogen) atoms. The van der Waals surface area contributed by atoms with Gasteiger partial charge in [-0.2, -0.15) is 0 Å². The molecular formula is C83H118O20. The Kier molecular flexibility index (Phi) is 18.7. The molecule has 0 radical (unpaired) electrons. The van der Waals surface area contributed by atoms with Gasteiger partial charge in [-0.15, -0.1) is 0 Å². The summed E-state index contributed by atoms with van der Waals surface area (Å²) < 4.78 is 55.2. The summed E-state index contributed by atoms with van der Waals surface area (Å²) in [6.45, 7) is 27.0. The number of ether oxygens (including phenoxy) is 10. The van der Waals surface area contributed by atoms with E-state index in [1.165, 1.54) is 32.1 Å². The fourth-order valence-electron chi connectivity index (χ4n) is 26.9. The lowest BCUT2D eigenvalue weighted by atomic mass is 9.58. The number of esters is 10. The maximum Gasteiger partial charge on any atom is 0.344 e. The number of cyclic esters (lactones) is 4. The molecule has 0 aromatic rings. The van der Waals surface area contributed by atoms with Crippen molar-refractivity contribution >= 4 is 59.7 Å². The zero-order valence-corrected chi connectivity index (χ0v) is 63.6. The van der Waals surface area contributed by atoms with Gasteiger partial charge in [0.05, 0.1) is 71.3 Å². The van der Waals surface area contributed by atoms with Crippen LogP contribution in [0, 0.1) is 174 Å². The zero-order valence-electron chi connectivity index (χ0n) is 63.6. The first-order valence-electron chi connectivity index (χ1n) is 40.6. The van der Waals surface area contributed by atoms with Crippen LogP contribution in [0.25, 0.3) is 0 Å². The van der Waals surface area contributed by atoms with E-state index in [1.807, 2.05) is 62.3 Å². The molecule has 4 heterocycles. The Hall–Kier alpha value is -5.30. The van der Waals surface area contributed by atoms with Crippen molar-refractivity contribution in [3.63, 3.8) is 0 Å². The van der Waals surface area contributed by atoms with E-state index in [1.54, 1.807) is 13.8 Å². The molecule has 18 rings (SSSR count). The van der Waals surface area contributed by atoms with E-state index < -0.39 is 45.0 Å². The van der Waals surface area contributed by atoms with Gasteiger partial charge < -0.3 is 47.4 Å². The Morgan fingerprint density at radius 3 is 1.52 bits per heavy atom. The second-order valence-electron chi connectivity index (χ2n) is 39.1. The highest BCUT2D eigenvalue weighted by molar-refractivity contribution is 5.83. The topological polar surface area (TPSA) is 263 Å². The van der Waals surface area contributed by atoms with Crippen molar-refractivity contribution in [1.82, 2.24) is 0 Å². The van der Waals surface area contributed by atoms with Gasteiger partial charge >= 0.3 is 59.7 Å². The monoisotopic (exact) mass is 1430 g/mol. The van der Waals surface area contributed by atoms with E-state index >= 15 is 0 Å². The molecule has 0 N–H and O–H groups in total. The molecule has 4 saturated heterocycles. The zero-order chi connectivity index (χ0) is 73.3. The van der Waals surface area contributed by atoms with Gasteiger partial charge in [-0.25, -0.2) is 9.59 Å². The van der Waals surface area contributed by atoms with Crippen molar-refractivity contribution in [1.29, 1.82) is 0 Å². The molecule has 30 unspecified atom stereocenters. The Balaban J connectivity index is 0.000000111. The highest BCUT2D eigenvalue weighted by Gasteiger charge is 2.75. The summed E-state index contributed by atoms with van der Waals surface area (Å²) in [5.41, 5.74) is -2.59. The van der Waals surface area contributed by atoms with E-state index in [2.05, 4.69) is 13.8 Å². The lowest BCUT2D eigenvalue weighted by molar-refractivity contribution is -0.172. The van der Waals surface area contributed by atoms with Gasteiger partial charge in [0.25, 0.3) is 0 Å². The third kappa shape index (κ3) is 11.7. The molecule has 0 aromatic heterocycles. The van der Waals surface area contributed by atoms with Crippen LogP contribution in [0.15, 0.2) is 0 Å². The van der Waals surface area contributed by atoms with E-state index in [0.29, 0.717) is 152 Å². The summed E-state index contributed by atoms with van der Waals surface area (Å²) >= 11 is 0. The maximum atomic E-state index is 12.7. The van der Waals surface area contributed by atoms with Crippen LogP contribution in [0.1, 0.15) is 218 Å². The summed E-state index contributed by atoms with van der Waals surface area (Å²) in [4.78, 5) is 122. The van der Waals surface area contributed by atoms with Crippen LogP contribution in [0.4, 0.5) is 0 Å². The summed E-state index contributed by atoms with van der Waals surface area (Å²) in [6.07, 6.45) is 18.8. The normalized spacial score (nSPS) is 45.2. The van der Waals surface area contributed by atoms with Crippen LogP contribution in [0.3, 0.4) is 0 Å². The molecule has 18 fully saturated rings. The number of hydrogen-bond acceptors (Lipinski definition) is 20. The molecule has 14 aliphatic carbocycles. The van der Waals surface area contributed by atoms with Crippen molar-refractivity contribution in [2.45, 2.75) is 243 Å². The first-order valence-corrected chi connectivity index (χ1v) is 40.6. The predicted octanol–water partition coefficient (Wildman–Crippen LogP) is 12.2. The van der Waals surface area contributed by atoms with Crippen LogP contribution in [0.5, 0.6) is 0 Å². The largest absolute Gasteiger partial charge is 0.465 e. The number of carbonyl (C=O) groups is 10. The van der Waals surface area contributed by atoms with Gasteiger partial charge in [-0.1, -0.05) is 34.6 Å². The quantitative estimate of drug-likeness (QED) is 0.0789. The second-order valence-corrected chi connectivity index (χ2v) is 39.1. The summed E-state index contributed by atoms with van der Waals surface area (Å²) in [6, 6.07) is 0. The molecule has 0 aromatic carbocycles. The van der Waals surface area contributed by atoms with Crippen molar-refractivity contribution in [2.75, 3.05) is 39.6 Å². The van der Waals surface area contributed by atoms with Crippen LogP contribution in [-0.2, 0) is 95.3 Å². The maximum absolute atomic E-state index is 12.7. The summed E-state index contributed by atoms with van der Waals surface area (Å²) in [5.74, 6) is 10.6. The number of fused-ring (bicyclic) bond motifs is 35. The molecular weight excluding hydrogens is 1320 g/mol. The van der Waals surface area contributed by atoms with Gasteiger partial charge in [0.1, 0.15) is 24.4 Å². The third-order valence-corrected chi connectivity index (χ3v) is 33.2. The summed E-state index contributed by atoms with van der Waals surface area (Å²) in [5, 5.41) is 0. The fourth-order valence-corrected chi connectivity index (χ4v) is 26.9. The molecule has 0 amide bonds. The minimum absolute atomic E-state index is 0.00158. The lowest BCUT2D eigenvalue weighted by Gasteiger charge is -2.47. The van der Waals surface area contributed by atoms with Crippen molar-refractivity contribution in [3.8, 4) is 0 Å². The van der Waals surface area contributed by atoms with Crippen LogP contribution in [0.2, 0.25) is 0 Å². The average Bonchev–Trinajstić information content (AvgIpc) is 1.53. The first kappa shape index (κ1) is 73.2. The van der Waals surface area contributed by atoms with Crippen molar-refractivity contribution < 1.29 is 95.3 Å². The number of rotatable bonds is 16. The minimum Gasteiger partial charge on any atom is -0.465 e. The van der Waals surface area contributed by atoms with E-state index in [-0.39, 0.29) is 102 Å². The predicted molar refractivity (Wildman–Crippen MR) is 369 cm³/mol. The molecule has 20 nitrogen and oxygen atoms in total. The van der Waals surface area contributed by atoms with Crippen LogP contribution < -0.4 is 0 Å². The van der Waals surface area contributed by atoms with Gasteiger partial charge in [-0.05, 0) is 296 Å². The molecule has 30 atom stereocenters. The first-order chi connectivity index (χ1) is 48.7. The van der Waals surface area contributed by atoms with Gasteiger partial charge in [-0.3, -0.25) is 38.4 Å². The van der Waals surface area contributed by atoms with Crippen molar-refractivity contribution in [3.05, 3.63) is 0 Å². The average molecular weight is 1440 g/mol. The molecule has 570 valence electrons. The van der Waals surface area contributed by atoms with Gasteiger partial charge in [0, 0.05) is 17.3 Å². The molecule has 3 spiro atoms. The SMILES string of the molecule is CCC(C)(C)C(=O)OC1C(C)C2CC1C1C2C2CC1C1(COC(=O)C1)C2.CCC(C)(C)C(=O)OC1CC2CC1C1C3CC(C4COC(=O)C43)C21.CCC(C)(C)C(=O)OCC(=O)OC1CC2CC1C1(CCOC1=O)C2.CCC(C)(C)C(=O)OCC(=O)OC1CC2CC1C1C2C2CC1C1(CCOC1=O)C2. The standard InChI is InChI=1S/C23H32O6.C22H32O4.C20H28O4.C18H26O6/c1-4-22(2,3)20(25)28-11-17(24)29-16-9-12-7-14(16)19-15-8-13(18(12)19)10-23(15)5-6-27-21(23)26;1-5-21(3,4)20(24)26-19-11(2)13-7-14(19)18-15-6-12(17(13)18)8-22(15)9-16(23)25-10-22;1-4-20(2,3)19(22)24-14-6-9-5-11(14)16-12-7-10(15(9)16)13-8-23-18(21)17(12)13;1-4-17(2,3)15(20)23-10-14(19)24-13-8-11-7-12(13)18(9-11)5-6-22-16(18)21/h12-16,18-19H,4-11H2,1-3H3;11-15,17-19H,5-10H2,1-4H3;9-17H,4-8H2,1-3H3;11-13H,4-10H2,1-3H3. The number of hydrogen-bond donors (Lipinski definition) is 0. The molecule has 4 aliphatic heterocycles. The second kappa shape index (κ2) is 26.2.